The van der Waals surface area contributed by atoms with Crippen molar-refractivity contribution < 1.29 is 9.53 Å². The Morgan fingerprint density at radius 2 is 1.59 bits per heavy atom. The molecule has 0 aliphatic carbocycles. The molecule has 1 N–H and O–H groups in total. The third-order valence-corrected chi connectivity index (χ3v) is 4.91. The maximum atomic E-state index is 12.6. The average Bonchev–Trinajstić information content (AvgIpc) is 2.72. The zero-order valence-corrected chi connectivity index (χ0v) is 15.4. The van der Waals surface area contributed by atoms with Crippen LogP contribution in [0.2, 0.25) is 0 Å². The van der Waals surface area contributed by atoms with Crippen molar-refractivity contribution >= 4 is 17.7 Å². The van der Waals surface area contributed by atoms with Crippen molar-refractivity contribution in [2.75, 3.05) is 13.2 Å². The van der Waals surface area contributed by atoms with Gasteiger partial charge in [0.1, 0.15) is 18.4 Å². The van der Waals surface area contributed by atoms with E-state index in [0.717, 1.165) is 15.5 Å². The number of hydrogen-bond acceptors (Lipinski definition) is 4. The summed E-state index contributed by atoms with van der Waals surface area (Å²) in [6, 6.07) is 26.4. The molecule has 0 aromatic heterocycles. The Labute approximate surface area is 162 Å². The van der Waals surface area contributed by atoms with Gasteiger partial charge in [0, 0.05) is 9.79 Å². The summed E-state index contributed by atoms with van der Waals surface area (Å²) >= 11 is 1.42. The lowest BCUT2D eigenvalue weighted by molar-refractivity contribution is 0.0944. The first-order valence-electron chi connectivity index (χ1n) is 8.50. The molecule has 0 bridgehead atoms. The van der Waals surface area contributed by atoms with E-state index in [1.54, 1.807) is 12.1 Å². The van der Waals surface area contributed by atoms with Gasteiger partial charge in [0.2, 0.25) is 0 Å². The van der Waals surface area contributed by atoms with Crippen LogP contribution >= 0.6 is 11.8 Å². The lowest BCUT2D eigenvalue weighted by atomic mass is 10.2. The molecule has 27 heavy (non-hydrogen) atoms. The number of para-hydroxylation sites is 1. The van der Waals surface area contributed by atoms with Crippen LogP contribution in [-0.4, -0.2) is 19.1 Å². The van der Waals surface area contributed by atoms with E-state index in [9.17, 15) is 10.1 Å². The summed E-state index contributed by atoms with van der Waals surface area (Å²) in [7, 11) is 0. The molecule has 5 heteroatoms. The number of carbonyl (C=O) groups is 1. The van der Waals surface area contributed by atoms with Crippen LogP contribution in [0, 0.1) is 11.3 Å². The summed E-state index contributed by atoms with van der Waals surface area (Å²) in [6.45, 7) is 0.795. The van der Waals surface area contributed by atoms with Gasteiger partial charge in [0.25, 0.3) is 5.91 Å². The summed E-state index contributed by atoms with van der Waals surface area (Å²) < 4.78 is 5.59. The van der Waals surface area contributed by atoms with Crippen molar-refractivity contribution in [2.24, 2.45) is 0 Å². The van der Waals surface area contributed by atoms with Gasteiger partial charge in [-0.1, -0.05) is 54.2 Å². The van der Waals surface area contributed by atoms with Gasteiger partial charge in [-0.3, -0.25) is 4.79 Å². The zero-order valence-electron chi connectivity index (χ0n) is 14.6. The Bertz CT molecular complexity index is 952. The molecular weight excluding hydrogens is 356 g/mol. The first-order chi connectivity index (χ1) is 13.3. The number of carbonyl (C=O) groups excluding carboxylic acids is 1. The first kappa shape index (κ1) is 18.6. The fourth-order valence-electron chi connectivity index (χ4n) is 2.46. The highest BCUT2D eigenvalue weighted by Crippen LogP contribution is 2.32. The van der Waals surface area contributed by atoms with Crippen LogP contribution in [0.15, 0.2) is 88.7 Å². The standard InChI is InChI=1S/C22H18N2O2S/c23-16-17-8-4-6-12-20(17)27-21-13-7-5-11-19(21)22(25)24-14-15-26-18-9-2-1-3-10-18/h1-13H,14-15H2,(H,24,25). The SMILES string of the molecule is N#Cc1ccccc1Sc1ccccc1C(=O)NCCOc1ccccc1. The first-order valence-corrected chi connectivity index (χ1v) is 9.31. The third-order valence-electron chi connectivity index (χ3n) is 3.76. The highest BCUT2D eigenvalue weighted by molar-refractivity contribution is 7.99. The molecule has 3 aromatic rings. The Balaban J connectivity index is 1.63. The molecule has 0 fully saturated rings. The minimum absolute atomic E-state index is 0.163. The number of amides is 1. The number of nitrogens with zero attached hydrogens (tertiary/aromatic N) is 1. The molecule has 0 aliphatic rings. The minimum atomic E-state index is -0.163. The van der Waals surface area contributed by atoms with E-state index in [1.165, 1.54) is 11.8 Å². The normalized spacial score (nSPS) is 10.0. The molecule has 0 saturated heterocycles. The second-order valence-electron chi connectivity index (χ2n) is 5.62. The molecule has 0 spiro atoms. The van der Waals surface area contributed by atoms with Crippen molar-refractivity contribution in [3.05, 3.63) is 90.0 Å². The topological polar surface area (TPSA) is 62.1 Å². The van der Waals surface area contributed by atoms with Crippen molar-refractivity contribution in [3.63, 3.8) is 0 Å². The van der Waals surface area contributed by atoms with E-state index in [2.05, 4.69) is 11.4 Å². The molecule has 0 saturated carbocycles. The summed E-state index contributed by atoms with van der Waals surface area (Å²) in [5, 5.41) is 12.1. The van der Waals surface area contributed by atoms with E-state index in [-0.39, 0.29) is 5.91 Å². The number of benzene rings is 3. The molecule has 0 unspecified atom stereocenters. The van der Waals surface area contributed by atoms with Crippen molar-refractivity contribution in [1.29, 1.82) is 5.26 Å². The molecule has 0 heterocycles. The summed E-state index contributed by atoms with van der Waals surface area (Å²) in [4.78, 5) is 14.2. The van der Waals surface area contributed by atoms with Gasteiger partial charge >= 0.3 is 0 Å². The molecule has 3 rings (SSSR count). The minimum Gasteiger partial charge on any atom is -0.492 e. The fraction of sp³-hybridized carbons (Fsp3) is 0.0909. The molecule has 4 nitrogen and oxygen atoms in total. The van der Waals surface area contributed by atoms with Crippen molar-refractivity contribution in [1.82, 2.24) is 5.32 Å². The molecule has 3 aromatic carbocycles. The van der Waals surface area contributed by atoms with Gasteiger partial charge in [-0.15, -0.1) is 0 Å². The largest absolute Gasteiger partial charge is 0.492 e. The molecule has 0 aliphatic heterocycles. The smallest absolute Gasteiger partial charge is 0.252 e. The number of ether oxygens (including phenoxy) is 1. The van der Waals surface area contributed by atoms with Gasteiger partial charge < -0.3 is 10.1 Å². The maximum Gasteiger partial charge on any atom is 0.252 e. The second kappa shape index (κ2) is 9.46. The fourth-order valence-corrected chi connectivity index (χ4v) is 3.48. The highest BCUT2D eigenvalue weighted by Gasteiger charge is 2.13. The summed E-state index contributed by atoms with van der Waals surface area (Å²) in [6.07, 6.45) is 0. The summed E-state index contributed by atoms with van der Waals surface area (Å²) in [5.74, 6) is 0.611. The Kier molecular flexibility index (Phi) is 6.50. The van der Waals surface area contributed by atoms with Crippen LogP contribution in [-0.2, 0) is 0 Å². The van der Waals surface area contributed by atoms with E-state index < -0.39 is 0 Å². The molecule has 134 valence electrons. The molecule has 0 radical (unpaired) electrons. The van der Waals surface area contributed by atoms with E-state index in [0.29, 0.717) is 24.3 Å². The van der Waals surface area contributed by atoms with E-state index in [4.69, 9.17) is 4.74 Å². The number of nitriles is 1. The van der Waals surface area contributed by atoms with Crippen molar-refractivity contribution in [2.45, 2.75) is 9.79 Å². The van der Waals surface area contributed by atoms with Gasteiger partial charge in [0.15, 0.2) is 0 Å². The molecular formula is C22H18N2O2S. The Morgan fingerprint density at radius 1 is 0.926 bits per heavy atom. The lowest BCUT2D eigenvalue weighted by Crippen LogP contribution is -2.28. The van der Waals surface area contributed by atoms with Crippen LogP contribution in [0.1, 0.15) is 15.9 Å². The average molecular weight is 374 g/mol. The van der Waals surface area contributed by atoms with Crippen LogP contribution < -0.4 is 10.1 Å². The van der Waals surface area contributed by atoms with Crippen molar-refractivity contribution in [3.8, 4) is 11.8 Å². The number of nitrogens with one attached hydrogen (secondary N) is 1. The Hall–Kier alpha value is -3.23. The molecule has 0 atom stereocenters. The predicted octanol–water partition coefficient (Wildman–Crippen LogP) is 4.52. The van der Waals surface area contributed by atoms with Gasteiger partial charge in [-0.25, -0.2) is 0 Å². The monoisotopic (exact) mass is 374 g/mol. The number of rotatable bonds is 7. The second-order valence-corrected chi connectivity index (χ2v) is 6.71. The van der Waals surface area contributed by atoms with Crippen LogP contribution in [0.4, 0.5) is 0 Å². The maximum absolute atomic E-state index is 12.6. The Morgan fingerprint density at radius 3 is 2.37 bits per heavy atom. The van der Waals surface area contributed by atoms with E-state index >= 15 is 0 Å². The van der Waals surface area contributed by atoms with Crippen LogP contribution in [0.5, 0.6) is 5.75 Å². The number of hydrogen-bond donors (Lipinski definition) is 1. The van der Waals surface area contributed by atoms with E-state index in [1.807, 2.05) is 66.7 Å². The van der Waals surface area contributed by atoms with Gasteiger partial charge in [0.05, 0.1) is 17.7 Å². The zero-order chi connectivity index (χ0) is 18.9. The molecule has 1 amide bonds. The van der Waals surface area contributed by atoms with Gasteiger partial charge in [-0.2, -0.15) is 5.26 Å². The quantitative estimate of drug-likeness (QED) is 0.618. The predicted molar refractivity (Wildman–Crippen MR) is 106 cm³/mol. The van der Waals surface area contributed by atoms with Crippen LogP contribution in [0.3, 0.4) is 0 Å². The van der Waals surface area contributed by atoms with Crippen LogP contribution in [0.25, 0.3) is 0 Å². The third kappa shape index (κ3) is 5.13. The highest BCUT2D eigenvalue weighted by atomic mass is 32.2. The summed E-state index contributed by atoms with van der Waals surface area (Å²) in [5.41, 5.74) is 1.17. The lowest BCUT2D eigenvalue weighted by Gasteiger charge is -2.11. The van der Waals surface area contributed by atoms with Gasteiger partial charge in [-0.05, 0) is 36.4 Å².